The number of phenols is 1. The molecule has 20 heavy (non-hydrogen) atoms. The number of aromatic hydroxyl groups is 1. The summed E-state index contributed by atoms with van der Waals surface area (Å²) < 4.78 is 0. The molecule has 0 saturated carbocycles. The molecule has 0 aliphatic carbocycles. The minimum atomic E-state index is -0.692. The van der Waals surface area contributed by atoms with E-state index in [1.54, 1.807) is 4.90 Å². The van der Waals surface area contributed by atoms with E-state index in [4.69, 9.17) is 0 Å². The van der Waals surface area contributed by atoms with E-state index in [2.05, 4.69) is 4.90 Å². The van der Waals surface area contributed by atoms with E-state index in [-0.39, 0.29) is 11.5 Å². The Labute approximate surface area is 116 Å². The SMILES string of the molecule is CN1CCCN(C(=O)c2cccc([N+](=O)[O-])c2O)CC1. The van der Waals surface area contributed by atoms with Crippen molar-refractivity contribution in [3.05, 3.63) is 33.9 Å². The molecule has 0 bridgehead atoms. The molecule has 0 atom stereocenters. The Hall–Kier alpha value is -2.15. The predicted molar refractivity (Wildman–Crippen MR) is 72.8 cm³/mol. The van der Waals surface area contributed by atoms with Gasteiger partial charge >= 0.3 is 5.69 Å². The van der Waals surface area contributed by atoms with Crippen molar-refractivity contribution in [3.8, 4) is 5.75 Å². The molecule has 1 N–H and O–H groups in total. The molecule has 0 aromatic heterocycles. The average Bonchev–Trinajstić information content (AvgIpc) is 2.63. The molecule has 1 saturated heterocycles. The first-order valence-corrected chi connectivity index (χ1v) is 6.45. The first-order valence-electron chi connectivity index (χ1n) is 6.45. The number of carbonyl (C=O) groups is 1. The van der Waals surface area contributed by atoms with E-state index in [9.17, 15) is 20.0 Å². The number of likely N-dealkylation sites (N-methyl/N-ethyl adjacent to an activating group) is 1. The van der Waals surface area contributed by atoms with Crippen LogP contribution in [0.4, 0.5) is 5.69 Å². The topological polar surface area (TPSA) is 86.9 Å². The summed E-state index contributed by atoms with van der Waals surface area (Å²) in [7, 11) is 1.98. The van der Waals surface area contributed by atoms with Crippen molar-refractivity contribution in [1.82, 2.24) is 9.80 Å². The van der Waals surface area contributed by atoms with Crippen LogP contribution in [0.25, 0.3) is 0 Å². The minimum Gasteiger partial charge on any atom is -0.502 e. The van der Waals surface area contributed by atoms with Gasteiger partial charge in [-0.25, -0.2) is 0 Å². The largest absolute Gasteiger partial charge is 0.502 e. The van der Waals surface area contributed by atoms with E-state index in [1.165, 1.54) is 18.2 Å². The molecule has 7 nitrogen and oxygen atoms in total. The lowest BCUT2D eigenvalue weighted by Gasteiger charge is -2.20. The van der Waals surface area contributed by atoms with Crippen molar-refractivity contribution >= 4 is 11.6 Å². The molecule has 2 rings (SSSR count). The predicted octanol–water partition coefficient (Wildman–Crippen LogP) is 1.08. The summed E-state index contributed by atoms with van der Waals surface area (Å²) in [4.78, 5) is 26.2. The number of carbonyl (C=O) groups excluding carboxylic acids is 1. The van der Waals surface area contributed by atoms with E-state index >= 15 is 0 Å². The highest BCUT2D eigenvalue weighted by Crippen LogP contribution is 2.30. The standard InChI is InChI=1S/C13H17N3O4/c1-14-6-3-7-15(9-8-14)13(18)10-4-2-5-11(12(10)17)16(19)20/h2,4-5,17H,3,6-9H2,1H3. The molecule has 7 heteroatoms. The summed E-state index contributed by atoms with van der Waals surface area (Å²) in [6, 6.07) is 4.01. The number of phenolic OH excluding ortho intramolecular Hbond substituents is 1. The van der Waals surface area contributed by atoms with Crippen molar-refractivity contribution in [2.45, 2.75) is 6.42 Å². The third-order valence-corrected chi connectivity index (χ3v) is 3.45. The number of benzene rings is 1. The van der Waals surface area contributed by atoms with Crippen LogP contribution in [0.5, 0.6) is 5.75 Å². The number of para-hydroxylation sites is 1. The average molecular weight is 279 g/mol. The molecule has 0 spiro atoms. The van der Waals surface area contributed by atoms with Gasteiger partial charge in [0.15, 0.2) is 0 Å². The van der Waals surface area contributed by atoms with Crippen LogP contribution in [0.15, 0.2) is 18.2 Å². The Morgan fingerprint density at radius 2 is 2.05 bits per heavy atom. The van der Waals surface area contributed by atoms with E-state index in [1.807, 2.05) is 7.05 Å². The summed E-state index contributed by atoms with van der Waals surface area (Å²) >= 11 is 0. The number of hydrogen-bond donors (Lipinski definition) is 1. The molecule has 1 heterocycles. The molecule has 1 fully saturated rings. The van der Waals surface area contributed by atoms with Crippen LogP contribution in [-0.2, 0) is 0 Å². The summed E-state index contributed by atoms with van der Waals surface area (Å²) in [6.45, 7) is 2.80. The maximum Gasteiger partial charge on any atom is 0.311 e. The number of nitrogens with zero attached hydrogens (tertiary/aromatic N) is 3. The number of rotatable bonds is 2. The zero-order chi connectivity index (χ0) is 14.7. The lowest BCUT2D eigenvalue weighted by atomic mass is 10.1. The van der Waals surface area contributed by atoms with Crippen LogP contribution in [-0.4, -0.2) is 59.0 Å². The molecule has 0 radical (unpaired) electrons. The van der Waals surface area contributed by atoms with E-state index in [0.717, 1.165) is 19.5 Å². The Morgan fingerprint density at radius 1 is 1.30 bits per heavy atom. The maximum absolute atomic E-state index is 12.4. The van der Waals surface area contributed by atoms with Crippen LogP contribution in [0, 0.1) is 10.1 Å². The monoisotopic (exact) mass is 279 g/mol. The summed E-state index contributed by atoms with van der Waals surface area (Å²) in [5, 5.41) is 20.7. The fraction of sp³-hybridized carbons (Fsp3) is 0.462. The van der Waals surface area contributed by atoms with Gasteiger partial charge in [-0.2, -0.15) is 0 Å². The zero-order valence-electron chi connectivity index (χ0n) is 11.3. The third-order valence-electron chi connectivity index (χ3n) is 3.45. The van der Waals surface area contributed by atoms with Crippen LogP contribution >= 0.6 is 0 Å². The van der Waals surface area contributed by atoms with Crippen LogP contribution in [0.1, 0.15) is 16.8 Å². The van der Waals surface area contributed by atoms with Crippen molar-refractivity contribution in [2.75, 3.05) is 33.2 Å². The molecular formula is C13H17N3O4. The molecule has 1 aromatic carbocycles. The van der Waals surface area contributed by atoms with Gasteiger partial charge in [-0.1, -0.05) is 6.07 Å². The fourth-order valence-corrected chi connectivity index (χ4v) is 2.27. The first kappa shape index (κ1) is 14.3. The van der Waals surface area contributed by atoms with E-state index < -0.39 is 16.4 Å². The van der Waals surface area contributed by atoms with Gasteiger partial charge < -0.3 is 14.9 Å². The van der Waals surface area contributed by atoms with Crippen LogP contribution < -0.4 is 0 Å². The van der Waals surface area contributed by atoms with Gasteiger partial charge in [-0.15, -0.1) is 0 Å². The Morgan fingerprint density at radius 3 is 2.75 bits per heavy atom. The second-order valence-electron chi connectivity index (χ2n) is 4.88. The molecule has 1 aliphatic rings. The van der Waals surface area contributed by atoms with Gasteiger partial charge in [0.2, 0.25) is 5.75 Å². The number of amides is 1. The van der Waals surface area contributed by atoms with Crippen molar-refractivity contribution in [1.29, 1.82) is 0 Å². The van der Waals surface area contributed by atoms with Gasteiger partial charge in [0.25, 0.3) is 5.91 Å². The third kappa shape index (κ3) is 2.88. The summed E-state index contributed by atoms with van der Waals surface area (Å²) in [5.41, 5.74) is -0.452. The van der Waals surface area contributed by atoms with Gasteiger partial charge in [0.1, 0.15) is 0 Å². The maximum atomic E-state index is 12.4. The van der Waals surface area contributed by atoms with Crippen molar-refractivity contribution in [3.63, 3.8) is 0 Å². The Bertz CT molecular complexity index is 532. The summed E-state index contributed by atoms with van der Waals surface area (Å²) in [5.74, 6) is -0.915. The van der Waals surface area contributed by atoms with Crippen LogP contribution in [0.2, 0.25) is 0 Å². The fourth-order valence-electron chi connectivity index (χ4n) is 2.27. The highest BCUT2D eigenvalue weighted by atomic mass is 16.6. The van der Waals surface area contributed by atoms with Crippen molar-refractivity contribution < 1.29 is 14.8 Å². The first-order chi connectivity index (χ1) is 9.50. The lowest BCUT2D eigenvalue weighted by molar-refractivity contribution is -0.385. The smallest absolute Gasteiger partial charge is 0.311 e. The van der Waals surface area contributed by atoms with Gasteiger partial charge in [0.05, 0.1) is 10.5 Å². The van der Waals surface area contributed by atoms with Crippen LogP contribution in [0.3, 0.4) is 0 Å². The Balaban J connectivity index is 2.25. The quantitative estimate of drug-likeness (QED) is 0.646. The molecule has 1 aromatic rings. The normalized spacial score (nSPS) is 16.8. The highest BCUT2D eigenvalue weighted by Gasteiger charge is 2.25. The molecule has 1 aliphatic heterocycles. The molecular weight excluding hydrogens is 262 g/mol. The second-order valence-corrected chi connectivity index (χ2v) is 4.88. The Kier molecular flexibility index (Phi) is 4.19. The molecule has 1 amide bonds. The second kappa shape index (κ2) is 5.87. The minimum absolute atomic E-state index is 0.0104. The van der Waals surface area contributed by atoms with E-state index in [0.29, 0.717) is 13.1 Å². The zero-order valence-corrected chi connectivity index (χ0v) is 11.3. The lowest BCUT2D eigenvalue weighted by Crippen LogP contribution is -2.34. The number of hydrogen-bond acceptors (Lipinski definition) is 5. The molecule has 0 unspecified atom stereocenters. The van der Waals surface area contributed by atoms with Crippen molar-refractivity contribution in [2.24, 2.45) is 0 Å². The highest BCUT2D eigenvalue weighted by molar-refractivity contribution is 5.98. The summed E-state index contributed by atoms with van der Waals surface area (Å²) in [6.07, 6.45) is 0.845. The number of nitro benzene ring substituents is 1. The van der Waals surface area contributed by atoms with Gasteiger partial charge in [0, 0.05) is 25.7 Å². The molecule has 108 valence electrons. The van der Waals surface area contributed by atoms with Gasteiger partial charge in [-0.3, -0.25) is 14.9 Å². The van der Waals surface area contributed by atoms with Gasteiger partial charge in [-0.05, 0) is 26.1 Å². The number of nitro groups is 1.